The van der Waals surface area contributed by atoms with Crippen molar-refractivity contribution >= 4 is 22.5 Å². The maximum atomic E-state index is 6.27. The van der Waals surface area contributed by atoms with Crippen LogP contribution in [0.2, 0.25) is 0 Å². The molecule has 7 heteroatoms. The molecule has 1 aliphatic carbocycles. The average Bonchev–Trinajstić information content (AvgIpc) is 3.35. The van der Waals surface area contributed by atoms with Gasteiger partial charge in [-0.2, -0.15) is 5.10 Å². The third kappa shape index (κ3) is 2.77. The van der Waals surface area contributed by atoms with E-state index in [-0.39, 0.29) is 6.04 Å². The lowest BCUT2D eigenvalue weighted by Gasteiger charge is -2.11. The summed E-state index contributed by atoms with van der Waals surface area (Å²) in [5, 5.41) is 8.94. The molecule has 4 aromatic rings. The highest BCUT2D eigenvalue weighted by Crippen LogP contribution is 2.38. The minimum absolute atomic E-state index is 0.208. The number of nitrogens with two attached hydrogens (primary N) is 1. The van der Waals surface area contributed by atoms with E-state index in [0.717, 1.165) is 46.6 Å². The molecule has 0 amide bonds. The molecule has 3 N–H and O–H groups in total. The van der Waals surface area contributed by atoms with Gasteiger partial charge in [0.2, 0.25) is 0 Å². The van der Waals surface area contributed by atoms with E-state index >= 15 is 0 Å². The van der Waals surface area contributed by atoms with E-state index in [9.17, 15) is 0 Å². The molecule has 2 aromatic carbocycles. The number of aromatic nitrogens is 4. The minimum Gasteiger partial charge on any atom is -0.495 e. The van der Waals surface area contributed by atoms with Crippen LogP contribution in [0.15, 0.2) is 48.8 Å². The Morgan fingerprint density at radius 3 is 2.55 bits per heavy atom. The van der Waals surface area contributed by atoms with Crippen LogP contribution < -0.4 is 15.8 Å². The predicted octanol–water partition coefficient (Wildman–Crippen LogP) is 3.47. The van der Waals surface area contributed by atoms with Crippen molar-refractivity contribution in [1.82, 2.24) is 19.7 Å². The number of nitrogens with zero attached hydrogens (tertiary/aromatic N) is 4. The molecule has 0 saturated heterocycles. The van der Waals surface area contributed by atoms with E-state index in [1.54, 1.807) is 7.11 Å². The molecule has 0 spiro atoms. The van der Waals surface area contributed by atoms with Gasteiger partial charge in [-0.25, -0.2) is 14.6 Å². The van der Waals surface area contributed by atoms with E-state index in [1.807, 2.05) is 29.9 Å². The van der Waals surface area contributed by atoms with Crippen molar-refractivity contribution in [3.8, 4) is 17.0 Å². The fourth-order valence-electron chi connectivity index (χ4n) is 4.21. The van der Waals surface area contributed by atoms with Crippen molar-refractivity contribution in [1.29, 1.82) is 0 Å². The predicted molar refractivity (Wildman–Crippen MR) is 114 cm³/mol. The Balaban J connectivity index is 1.66. The number of fused-ring (bicyclic) bond motifs is 2. The van der Waals surface area contributed by atoms with Gasteiger partial charge in [0.25, 0.3) is 0 Å². The van der Waals surface area contributed by atoms with E-state index < -0.39 is 0 Å². The second-order valence-corrected chi connectivity index (χ2v) is 7.25. The van der Waals surface area contributed by atoms with Crippen LogP contribution in [0.5, 0.6) is 5.75 Å². The van der Waals surface area contributed by atoms with Gasteiger partial charge in [-0.05, 0) is 42.2 Å². The summed E-state index contributed by atoms with van der Waals surface area (Å²) in [4.78, 5) is 8.76. The van der Waals surface area contributed by atoms with E-state index in [2.05, 4.69) is 39.6 Å². The van der Waals surface area contributed by atoms with E-state index in [0.29, 0.717) is 5.82 Å². The Morgan fingerprint density at radius 2 is 1.86 bits per heavy atom. The van der Waals surface area contributed by atoms with Crippen LogP contribution in [0.1, 0.15) is 17.2 Å². The fourth-order valence-corrected chi connectivity index (χ4v) is 4.21. The van der Waals surface area contributed by atoms with Crippen LogP contribution in [-0.4, -0.2) is 33.9 Å². The molecule has 0 atom stereocenters. The van der Waals surface area contributed by atoms with Gasteiger partial charge in [-0.15, -0.1) is 0 Å². The maximum Gasteiger partial charge on any atom is 0.164 e. The van der Waals surface area contributed by atoms with Gasteiger partial charge in [0.05, 0.1) is 24.2 Å². The van der Waals surface area contributed by atoms with Gasteiger partial charge in [0, 0.05) is 12.6 Å². The number of rotatable bonds is 4. The summed E-state index contributed by atoms with van der Waals surface area (Å²) in [5.74, 6) is 1.21. The number of hydrogen-bond acceptors (Lipinski definition) is 6. The lowest BCUT2D eigenvalue weighted by atomic mass is 10.1. The van der Waals surface area contributed by atoms with Gasteiger partial charge in [-0.1, -0.05) is 24.3 Å². The third-order valence-electron chi connectivity index (χ3n) is 5.64. The monoisotopic (exact) mass is 386 g/mol. The highest BCUT2D eigenvalue weighted by atomic mass is 16.5. The van der Waals surface area contributed by atoms with Crippen LogP contribution in [0, 0.1) is 0 Å². The fraction of sp³-hybridized carbons (Fsp3) is 0.227. The van der Waals surface area contributed by atoms with Crippen molar-refractivity contribution in [3.05, 3.63) is 59.9 Å². The SMILES string of the molecule is CNc1cc(-c2nn(C3Cc4ccccc4C3)c3ncnc(N)c23)ccc1OC. The number of hydrogen-bond donors (Lipinski definition) is 2. The number of benzene rings is 2. The van der Waals surface area contributed by atoms with Crippen molar-refractivity contribution in [2.45, 2.75) is 18.9 Å². The normalized spacial score (nSPS) is 13.6. The lowest BCUT2D eigenvalue weighted by molar-refractivity contribution is 0.416. The molecular formula is C22H22N6O. The standard InChI is InChI=1S/C22H22N6O/c1-24-17-11-15(7-8-18(17)29-2)20-19-21(23)25-12-26-22(19)28(27-20)16-9-13-5-3-4-6-14(13)10-16/h3-8,11-12,16,24H,9-10H2,1-2H3,(H2,23,25,26). The first kappa shape index (κ1) is 17.5. The number of methoxy groups -OCH3 is 1. The van der Waals surface area contributed by atoms with Gasteiger partial charge in [0.15, 0.2) is 5.65 Å². The Morgan fingerprint density at radius 1 is 1.10 bits per heavy atom. The number of nitrogens with one attached hydrogen (secondary N) is 1. The summed E-state index contributed by atoms with van der Waals surface area (Å²) >= 11 is 0. The molecule has 0 fully saturated rings. The molecular weight excluding hydrogens is 364 g/mol. The van der Waals surface area contributed by atoms with Gasteiger partial charge in [-0.3, -0.25) is 0 Å². The molecule has 0 aliphatic heterocycles. The molecule has 7 nitrogen and oxygen atoms in total. The number of ether oxygens (including phenoxy) is 1. The Bertz CT molecular complexity index is 1190. The Kier molecular flexibility index (Phi) is 4.08. The first-order chi connectivity index (χ1) is 14.2. The summed E-state index contributed by atoms with van der Waals surface area (Å²) in [6.45, 7) is 0. The molecule has 0 saturated carbocycles. The summed E-state index contributed by atoms with van der Waals surface area (Å²) in [6, 6.07) is 14.7. The van der Waals surface area contributed by atoms with Crippen molar-refractivity contribution in [2.24, 2.45) is 0 Å². The maximum absolute atomic E-state index is 6.27. The molecule has 0 unspecified atom stereocenters. The van der Waals surface area contributed by atoms with Crippen LogP contribution >= 0.6 is 0 Å². The van der Waals surface area contributed by atoms with Crippen molar-refractivity contribution in [2.75, 3.05) is 25.2 Å². The Hall–Kier alpha value is -3.61. The smallest absolute Gasteiger partial charge is 0.164 e. The van der Waals surface area contributed by atoms with Gasteiger partial charge in [0.1, 0.15) is 23.6 Å². The molecule has 5 rings (SSSR count). The number of anilines is 2. The van der Waals surface area contributed by atoms with Crippen molar-refractivity contribution in [3.63, 3.8) is 0 Å². The van der Waals surface area contributed by atoms with Gasteiger partial charge >= 0.3 is 0 Å². The molecule has 0 radical (unpaired) electrons. The molecule has 2 aromatic heterocycles. The zero-order valence-electron chi connectivity index (χ0n) is 16.4. The topological polar surface area (TPSA) is 90.9 Å². The average molecular weight is 386 g/mol. The highest BCUT2D eigenvalue weighted by Gasteiger charge is 2.27. The molecule has 1 aliphatic rings. The number of nitrogen functional groups attached to an aromatic ring is 1. The zero-order chi connectivity index (χ0) is 20.0. The van der Waals surface area contributed by atoms with Crippen LogP contribution in [0.25, 0.3) is 22.3 Å². The molecule has 29 heavy (non-hydrogen) atoms. The minimum atomic E-state index is 0.208. The van der Waals surface area contributed by atoms with Crippen LogP contribution in [0.3, 0.4) is 0 Å². The van der Waals surface area contributed by atoms with E-state index in [4.69, 9.17) is 15.6 Å². The molecule has 2 heterocycles. The lowest BCUT2D eigenvalue weighted by Crippen LogP contribution is -2.11. The summed E-state index contributed by atoms with van der Waals surface area (Å²) < 4.78 is 7.44. The summed E-state index contributed by atoms with van der Waals surface area (Å²) in [5.41, 5.74) is 12.4. The zero-order valence-corrected chi connectivity index (χ0v) is 16.4. The second-order valence-electron chi connectivity index (χ2n) is 7.25. The molecule has 146 valence electrons. The summed E-state index contributed by atoms with van der Waals surface area (Å²) in [6.07, 6.45) is 3.37. The third-order valence-corrected chi connectivity index (χ3v) is 5.64. The largest absolute Gasteiger partial charge is 0.495 e. The molecule has 0 bridgehead atoms. The van der Waals surface area contributed by atoms with Gasteiger partial charge < -0.3 is 15.8 Å². The Labute approximate surface area is 168 Å². The highest BCUT2D eigenvalue weighted by molar-refractivity contribution is 5.98. The first-order valence-electron chi connectivity index (χ1n) is 9.61. The summed E-state index contributed by atoms with van der Waals surface area (Å²) in [7, 11) is 3.52. The van der Waals surface area contributed by atoms with E-state index in [1.165, 1.54) is 17.5 Å². The van der Waals surface area contributed by atoms with Crippen LogP contribution in [-0.2, 0) is 12.8 Å². The first-order valence-corrected chi connectivity index (χ1v) is 9.61. The quantitative estimate of drug-likeness (QED) is 0.558. The second kappa shape index (κ2) is 6.77. The van der Waals surface area contributed by atoms with Crippen LogP contribution in [0.4, 0.5) is 11.5 Å². The van der Waals surface area contributed by atoms with Crippen molar-refractivity contribution < 1.29 is 4.74 Å².